The van der Waals surface area contributed by atoms with Crippen molar-refractivity contribution in [3.05, 3.63) is 59.4 Å². The van der Waals surface area contributed by atoms with Gasteiger partial charge in [0.05, 0.1) is 4.90 Å². The molecule has 1 aromatic heterocycles. The summed E-state index contributed by atoms with van der Waals surface area (Å²) in [5.41, 5.74) is 3.65. The number of furan rings is 1. The molecule has 5 heteroatoms. The normalized spacial score (nSPS) is 17.4. The molecule has 0 bridgehead atoms. The Bertz CT molecular complexity index is 1030. The van der Waals surface area contributed by atoms with Crippen LogP contribution in [0.25, 0.3) is 11.0 Å². The first kappa shape index (κ1) is 16.2. The van der Waals surface area contributed by atoms with Gasteiger partial charge in [0.15, 0.2) is 0 Å². The number of hydrogen-bond donors (Lipinski definition) is 1. The lowest BCUT2D eigenvalue weighted by molar-refractivity contribution is 0.438. The summed E-state index contributed by atoms with van der Waals surface area (Å²) in [5, 5.41) is 1.02. The first-order valence-electron chi connectivity index (χ1n) is 8.56. The van der Waals surface area contributed by atoms with E-state index in [0.29, 0.717) is 11.6 Å². The number of anilines is 1. The molecule has 1 heterocycles. The van der Waals surface area contributed by atoms with Gasteiger partial charge in [-0.3, -0.25) is 4.72 Å². The van der Waals surface area contributed by atoms with Gasteiger partial charge in [-0.1, -0.05) is 24.6 Å². The van der Waals surface area contributed by atoms with E-state index in [1.807, 2.05) is 19.1 Å². The second-order valence-electron chi connectivity index (χ2n) is 6.98. The average Bonchev–Trinajstić information content (AvgIpc) is 2.92. The quantitative estimate of drug-likeness (QED) is 0.743. The summed E-state index contributed by atoms with van der Waals surface area (Å²) in [5.74, 6) is 1.67. The minimum absolute atomic E-state index is 0.265. The van der Waals surface area contributed by atoms with Gasteiger partial charge >= 0.3 is 0 Å². The van der Waals surface area contributed by atoms with Crippen molar-refractivity contribution in [1.82, 2.24) is 0 Å². The van der Waals surface area contributed by atoms with Crippen LogP contribution in [0.15, 0.2) is 51.8 Å². The summed E-state index contributed by atoms with van der Waals surface area (Å²) in [4.78, 5) is 0.265. The first-order chi connectivity index (χ1) is 11.9. The summed E-state index contributed by atoms with van der Waals surface area (Å²) in [6, 6.07) is 12.3. The molecule has 0 fully saturated rings. The number of fused-ring (bicyclic) bond motifs is 3. The molecule has 0 saturated carbocycles. The molecular weight excluding hydrogens is 334 g/mol. The zero-order chi connectivity index (χ0) is 17.6. The molecule has 0 spiro atoms. The van der Waals surface area contributed by atoms with E-state index in [4.69, 9.17) is 4.42 Å². The van der Waals surface area contributed by atoms with Gasteiger partial charge in [0.25, 0.3) is 10.0 Å². The van der Waals surface area contributed by atoms with Gasteiger partial charge in [-0.2, -0.15) is 0 Å². The zero-order valence-electron chi connectivity index (χ0n) is 14.4. The highest BCUT2D eigenvalue weighted by Gasteiger charge is 2.22. The first-order valence-corrected chi connectivity index (χ1v) is 10.0. The highest BCUT2D eigenvalue weighted by molar-refractivity contribution is 7.92. The Morgan fingerprint density at radius 2 is 1.88 bits per heavy atom. The topological polar surface area (TPSA) is 59.3 Å². The molecule has 1 aliphatic rings. The van der Waals surface area contributed by atoms with Crippen molar-refractivity contribution < 1.29 is 12.8 Å². The second-order valence-corrected chi connectivity index (χ2v) is 8.66. The monoisotopic (exact) mass is 355 g/mol. The number of rotatable bonds is 3. The van der Waals surface area contributed by atoms with Gasteiger partial charge in [0.2, 0.25) is 0 Å². The lowest BCUT2D eigenvalue weighted by atomic mass is 9.88. The smallest absolute Gasteiger partial charge is 0.261 e. The van der Waals surface area contributed by atoms with E-state index < -0.39 is 10.0 Å². The fraction of sp³-hybridized carbons (Fsp3) is 0.300. The predicted octanol–water partition coefficient (Wildman–Crippen LogP) is 4.67. The molecule has 1 atom stereocenters. The van der Waals surface area contributed by atoms with Crippen LogP contribution in [-0.2, 0) is 22.9 Å². The maximum atomic E-state index is 12.6. The number of nitrogens with one attached hydrogen (secondary N) is 1. The largest absolute Gasteiger partial charge is 0.461 e. The van der Waals surface area contributed by atoms with Crippen LogP contribution in [0, 0.1) is 12.8 Å². The van der Waals surface area contributed by atoms with Crippen LogP contribution in [0.1, 0.15) is 30.2 Å². The molecule has 0 saturated heterocycles. The third kappa shape index (κ3) is 3.04. The van der Waals surface area contributed by atoms with Crippen molar-refractivity contribution in [2.75, 3.05) is 4.72 Å². The average molecular weight is 355 g/mol. The molecule has 0 unspecified atom stereocenters. The minimum Gasteiger partial charge on any atom is -0.461 e. The zero-order valence-corrected chi connectivity index (χ0v) is 15.2. The minimum atomic E-state index is -3.59. The fourth-order valence-corrected chi connectivity index (χ4v) is 4.50. The SMILES string of the molecule is Cc1ccc(S(=O)(=O)Nc2ccc3oc4c(c3c2)C[C@H](C)CC4)cc1. The number of hydrogen-bond acceptors (Lipinski definition) is 3. The van der Waals surface area contributed by atoms with E-state index in [9.17, 15) is 8.42 Å². The van der Waals surface area contributed by atoms with Crippen LogP contribution in [0.2, 0.25) is 0 Å². The Morgan fingerprint density at radius 1 is 1.12 bits per heavy atom. The Balaban J connectivity index is 1.70. The molecule has 1 aliphatic carbocycles. The van der Waals surface area contributed by atoms with Gasteiger partial charge in [-0.15, -0.1) is 0 Å². The van der Waals surface area contributed by atoms with E-state index >= 15 is 0 Å². The van der Waals surface area contributed by atoms with Gasteiger partial charge in [-0.05, 0) is 56.0 Å². The summed E-state index contributed by atoms with van der Waals surface area (Å²) >= 11 is 0. The second kappa shape index (κ2) is 5.92. The maximum absolute atomic E-state index is 12.6. The highest BCUT2D eigenvalue weighted by atomic mass is 32.2. The van der Waals surface area contributed by atoms with Crippen LogP contribution in [0.3, 0.4) is 0 Å². The summed E-state index contributed by atoms with van der Waals surface area (Å²) in [6.07, 6.45) is 3.08. The number of benzene rings is 2. The Kier molecular flexibility index (Phi) is 3.84. The van der Waals surface area contributed by atoms with E-state index in [1.54, 1.807) is 30.3 Å². The van der Waals surface area contributed by atoms with Gasteiger partial charge in [0.1, 0.15) is 11.3 Å². The van der Waals surface area contributed by atoms with Crippen LogP contribution >= 0.6 is 0 Å². The van der Waals surface area contributed by atoms with Crippen LogP contribution in [0.5, 0.6) is 0 Å². The van der Waals surface area contributed by atoms with Crippen molar-refractivity contribution in [3.8, 4) is 0 Å². The lowest BCUT2D eigenvalue weighted by Gasteiger charge is -2.16. The Morgan fingerprint density at radius 3 is 2.64 bits per heavy atom. The molecule has 2 aromatic carbocycles. The number of aryl methyl sites for hydroxylation is 2. The Labute approximate surface area is 147 Å². The van der Waals surface area contributed by atoms with Crippen molar-refractivity contribution in [1.29, 1.82) is 0 Å². The van der Waals surface area contributed by atoms with Crippen molar-refractivity contribution in [2.45, 2.75) is 38.0 Å². The molecule has 0 radical (unpaired) electrons. The molecule has 0 aliphatic heterocycles. The molecule has 1 N–H and O–H groups in total. The van der Waals surface area contributed by atoms with Crippen molar-refractivity contribution >= 4 is 26.7 Å². The molecule has 4 nitrogen and oxygen atoms in total. The van der Waals surface area contributed by atoms with Crippen LogP contribution in [-0.4, -0.2) is 8.42 Å². The third-order valence-electron chi connectivity index (χ3n) is 4.87. The van der Waals surface area contributed by atoms with Gasteiger partial charge in [0, 0.05) is 23.1 Å². The van der Waals surface area contributed by atoms with Gasteiger partial charge < -0.3 is 4.42 Å². The van der Waals surface area contributed by atoms with Crippen LogP contribution in [0.4, 0.5) is 5.69 Å². The van der Waals surface area contributed by atoms with E-state index in [-0.39, 0.29) is 4.90 Å². The van der Waals surface area contributed by atoms with Crippen LogP contribution < -0.4 is 4.72 Å². The highest BCUT2D eigenvalue weighted by Crippen LogP contribution is 2.35. The summed E-state index contributed by atoms with van der Waals surface area (Å²) < 4.78 is 33.8. The lowest BCUT2D eigenvalue weighted by Crippen LogP contribution is -2.13. The van der Waals surface area contributed by atoms with E-state index in [0.717, 1.165) is 41.6 Å². The third-order valence-corrected chi connectivity index (χ3v) is 6.27. The fourth-order valence-electron chi connectivity index (χ4n) is 3.45. The van der Waals surface area contributed by atoms with Gasteiger partial charge in [-0.25, -0.2) is 8.42 Å². The molecule has 130 valence electrons. The summed E-state index contributed by atoms with van der Waals surface area (Å²) in [6.45, 7) is 4.17. The molecule has 3 aromatic rings. The standard InChI is InChI=1S/C20H21NO3S/c1-13-3-7-16(8-4-13)25(22,23)21-15-6-10-20-18(12-15)17-11-14(2)5-9-19(17)24-20/h3-4,6-8,10,12,14,21H,5,9,11H2,1-2H3/t14-/m1/s1. The predicted molar refractivity (Wildman–Crippen MR) is 99.4 cm³/mol. The molecule has 25 heavy (non-hydrogen) atoms. The molecule has 4 rings (SSSR count). The van der Waals surface area contributed by atoms with E-state index in [1.165, 1.54) is 5.56 Å². The molecular formula is C20H21NO3S. The maximum Gasteiger partial charge on any atom is 0.261 e. The van der Waals surface area contributed by atoms with E-state index in [2.05, 4.69) is 11.6 Å². The van der Waals surface area contributed by atoms with Crippen molar-refractivity contribution in [2.24, 2.45) is 5.92 Å². The molecule has 0 amide bonds. The number of sulfonamides is 1. The Hall–Kier alpha value is -2.27. The summed E-state index contributed by atoms with van der Waals surface area (Å²) in [7, 11) is -3.59. The van der Waals surface area contributed by atoms with Crippen molar-refractivity contribution in [3.63, 3.8) is 0 Å².